The zero-order chi connectivity index (χ0) is 11.5. The maximum absolute atomic E-state index is 11.4. The van der Waals surface area contributed by atoms with Gasteiger partial charge in [0.05, 0.1) is 0 Å². The van der Waals surface area contributed by atoms with Crippen molar-refractivity contribution in [1.82, 2.24) is 0 Å². The van der Waals surface area contributed by atoms with Crippen LogP contribution in [0.5, 0.6) is 0 Å². The second-order valence-corrected chi connectivity index (χ2v) is 4.65. The zero-order valence-corrected chi connectivity index (χ0v) is 10.2. The third-order valence-corrected chi connectivity index (χ3v) is 3.33. The second kappa shape index (κ2) is 4.84. The van der Waals surface area contributed by atoms with E-state index in [1.807, 2.05) is 0 Å². The van der Waals surface area contributed by atoms with Crippen LogP contribution < -0.4 is 0 Å². The van der Waals surface area contributed by atoms with E-state index in [-0.39, 0.29) is 5.24 Å². The van der Waals surface area contributed by atoms with Crippen LogP contribution >= 0.6 is 11.6 Å². The maximum Gasteiger partial charge on any atom is 0.248 e. The van der Waals surface area contributed by atoms with Gasteiger partial charge in [0, 0.05) is 5.57 Å². The molecule has 0 aliphatic heterocycles. The Kier molecular flexibility index (Phi) is 3.45. The van der Waals surface area contributed by atoms with Crippen molar-refractivity contribution in [2.75, 3.05) is 0 Å². The molecule has 0 unspecified atom stereocenters. The third-order valence-electron chi connectivity index (χ3n) is 3.11. The van der Waals surface area contributed by atoms with Gasteiger partial charge in [0.2, 0.25) is 5.24 Å². The Morgan fingerprint density at radius 1 is 1.12 bits per heavy atom. The van der Waals surface area contributed by atoms with Crippen LogP contribution in [0.3, 0.4) is 0 Å². The number of halogens is 1. The minimum atomic E-state index is -0.282. The van der Waals surface area contributed by atoms with Gasteiger partial charge in [0.15, 0.2) is 0 Å². The molecule has 0 fully saturated rings. The summed E-state index contributed by atoms with van der Waals surface area (Å²) in [6, 6.07) is 8.31. The number of carbonyl (C=O) groups is 1. The second-order valence-electron chi connectivity index (χ2n) is 4.30. The lowest BCUT2D eigenvalue weighted by Gasteiger charge is -2.18. The highest BCUT2D eigenvalue weighted by atomic mass is 35.5. The number of benzene rings is 1. The normalized spacial score (nSPS) is 16.4. The lowest BCUT2D eigenvalue weighted by atomic mass is 9.87. The van der Waals surface area contributed by atoms with Crippen LogP contribution in [0.4, 0.5) is 0 Å². The van der Waals surface area contributed by atoms with Crippen molar-refractivity contribution < 1.29 is 4.79 Å². The molecule has 0 saturated heterocycles. The maximum atomic E-state index is 11.4. The third kappa shape index (κ3) is 2.35. The van der Waals surface area contributed by atoms with Gasteiger partial charge in [-0.3, -0.25) is 4.79 Å². The van der Waals surface area contributed by atoms with Crippen molar-refractivity contribution in [3.8, 4) is 0 Å². The van der Waals surface area contributed by atoms with Crippen LogP contribution in [0.15, 0.2) is 29.8 Å². The summed E-state index contributed by atoms with van der Waals surface area (Å²) in [5.41, 5.74) is 4.34. The summed E-state index contributed by atoms with van der Waals surface area (Å²) in [4.78, 5) is 11.4. The van der Waals surface area contributed by atoms with Crippen LogP contribution in [-0.2, 0) is 4.79 Å². The number of hydrogen-bond acceptors (Lipinski definition) is 1. The summed E-state index contributed by atoms with van der Waals surface area (Å²) in [6.45, 7) is 2.06. The topological polar surface area (TPSA) is 17.1 Å². The quantitative estimate of drug-likeness (QED) is 0.705. The molecule has 0 heterocycles. The van der Waals surface area contributed by atoms with E-state index in [0.29, 0.717) is 0 Å². The molecule has 2 heteroatoms. The Hall–Kier alpha value is -1.08. The molecule has 16 heavy (non-hydrogen) atoms. The van der Waals surface area contributed by atoms with E-state index < -0.39 is 0 Å². The molecule has 0 N–H and O–H groups in total. The fourth-order valence-corrected chi connectivity index (χ4v) is 2.40. The first kappa shape index (κ1) is 11.4. The molecule has 0 aromatic heterocycles. The lowest BCUT2D eigenvalue weighted by Crippen LogP contribution is -2.04. The summed E-state index contributed by atoms with van der Waals surface area (Å²) in [7, 11) is 0. The Balaban J connectivity index is 2.43. The fraction of sp³-hybridized carbons (Fsp3) is 0.357. The average molecular weight is 235 g/mol. The highest BCUT2D eigenvalue weighted by molar-refractivity contribution is 6.68. The number of aryl methyl sites for hydroxylation is 1. The van der Waals surface area contributed by atoms with Crippen molar-refractivity contribution in [1.29, 1.82) is 0 Å². The molecule has 0 spiro atoms. The van der Waals surface area contributed by atoms with Gasteiger partial charge in [-0.1, -0.05) is 29.8 Å². The molecule has 84 valence electrons. The van der Waals surface area contributed by atoms with E-state index in [0.717, 1.165) is 42.4 Å². The lowest BCUT2D eigenvalue weighted by molar-refractivity contribution is -0.108. The van der Waals surface area contributed by atoms with E-state index in [4.69, 9.17) is 11.6 Å². The van der Waals surface area contributed by atoms with Crippen LogP contribution in [0.25, 0.3) is 5.57 Å². The summed E-state index contributed by atoms with van der Waals surface area (Å²) >= 11 is 5.64. The minimum absolute atomic E-state index is 0.282. The molecule has 2 rings (SSSR count). The van der Waals surface area contributed by atoms with Crippen LogP contribution in [0, 0.1) is 6.92 Å². The summed E-state index contributed by atoms with van der Waals surface area (Å²) in [6.07, 6.45) is 4.02. The molecular formula is C14H15ClO. The fourth-order valence-electron chi connectivity index (χ4n) is 2.20. The van der Waals surface area contributed by atoms with Gasteiger partial charge in [-0.2, -0.15) is 0 Å². The number of carbonyl (C=O) groups excluding carboxylic acids is 1. The average Bonchev–Trinajstić information content (AvgIpc) is 2.30. The van der Waals surface area contributed by atoms with Gasteiger partial charge >= 0.3 is 0 Å². The van der Waals surface area contributed by atoms with Crippen molar-refractivity contribution in [3.05, 3.63) is 41.0 Å². The predicted molar refractivity (Wildman–Crippen MR) is 67.4 cm³/mol. The first-order chi connectivity index (χ1) is 7.68. The van der Waals surface area contributed by atoms with Gasteiger partial charge in [-0.15, -0.1) is 0 Å². The predicted octanol–water partition coefficient (Wildman–Crippen LogP) is 4.09. The van der Waals surface area contributed by atoms with Crippen LogP contribution in [0.2, 0.25) is 0 Å². The highest BCUT2D eigenvalue weighted by Crippen LogP contribution is 2.33. The van der Waals surface area contributed by atoms with Crippen molar-refractivity contribution in [2.45, 2.75) is 32.6 Å². The first-order valence-corrected chi connectivity index (χ1v) is 6.05. The largest absolute Gasteiger partial charge is 0.276 e. The minimum Gasteiger partial charge on any atom is -0.276 e. The van der Waals surface area contributed by atoms with Crippen molar-refractivity contribution in [2.24, 2.45) is 0 Å². The standard InChI is InChI=1S/C14H15ClO/c1-10-6-8-11(9-7-10)12-4-2-3-5-13(12)14(15)16/h6-9H,2-5H2,1H3. The Bertz CT molecular complexity index is 429. The molecule has 0 amide bonds. The molecule has 0 saturated carbocycles. The Morgan fingerprint density at radius 3 is 2.38 bits per heavy atom. The first-order valence-electron chi connectivity index (χ1n) is 5.67. The molecule has 0 bridgehead atoms. The van der Waals surface area contributed by atoms with Crippen LogP contribution in [0.1, 0.15) is 36.8 Å². The number of hydrogen-bond donors (Lipinski definition) is 0. The van der Waals surface area contributed by atoms with Crippen molar-refractivity contribution >= 4 is 22.4 Å². The zero-order valence-electron chi connectivity index (χ0n) is 9.42. The summed E-state index contributed by atoms with van der Waals surface area (Å²) < 4.78 is 0. The SMILES string of the molecule is Cc1ccc(C2=C(C(=O)Cl)CCCC2)cc1. The van der Waals surface area contributed by atoms with E-state index in [9.17, 15) is 4.79 Å². The molecular weight excluding hydrogens is 220 g/mol. The number of allylic oxidation sites excluding steroid dienone is 2. The van der Waals surface area contributed by atoms with E-state index >= 15 is 0 Å². The Labute approximate surface area is 101 Å². The monoisotopic (exact) mass is 234 g/mol. The smallest absolute Gasteiger partial charge is 0.248 e. The molecule has 1 aliphatic rings. The highest BCUT2D eigenvalue weighted by Gasteiger charge is 2.18. The van der Waals surface area contributed by atoms with Gasteiger partial charge in [-0.25, -0.2) is 0 Å². The Morgan fingerprint density at radius 2 is 1.75 bits per heavy atom. The number of rotatable bonds is 2. The summed E-state index contributed by atoms with van der Waals surface area (Å²) in [5, 5.41) is -0.282. The molecule has 1 nitrogen and oxygen atoms in total. The molecule has 1 aromatic carbocycles. The van der Waals surface area contributed by atoms with Gasteiger partial charge < -0.3 is 0 Å². The van der Waals surface area contributed by atoms with Gasteiger partial charge in [0.1, 0.15) is 0 Å². The molecule has 1 aromatic rings. The van der Waals surface area contributed by atoms with E-state index in [2.05, 4.69) is 31.2 Å². The van der Waals surface area contributed by atoms with E-state index in [1.165, 1.54) is 5.56 Å². The summed E-state index contributed by atoms with van der Waals surface area (Å²) in [5.74, 6) is 0. The molecule has 0 radical (unpaired) electrons. The molecule has 1 aliphatic carbocycles. The van der Waals surface area contributed by atoms with Gasteiger partial charge in [0.25, 0.3) is 0 Å². The van der Waals surface area contributed by atoms with Crippen LogP contribution in [-0.4, -0.2) is 5.24 Å². The van der Waals surface area contributed by atoms with E-state index in [1.54, 1.807) is 0 Å². The molecule has 0 atom stereocenters. The van der Waals surface area contributed by atoms with Crippen molar-refractivity contribution in [3.63, 3.8) is 0 Å². The van der Waals surface area contributed by atoms with Gasteiger partial charge in [-0.05, 0) is 55.3 Å².